The standard InChI is InChI=1S/C19H13ClFNS/c20-14-9-10-19-17(11-14)22(12-13-5-1-2-6-15(13)21)16-7-3-4-8-18(16)23-19/h1-11H,12H2. The van der Waals surface area contributed by atoms with Gasteiger partial charge in [0.05, 0.1) is 17.9 Å². The summed E-state index contributed by atoms with van der Waals surface area (Å²) >= 11 is 7.91. The SMILES string of the molecule is Fc1ccccc1CN1c2ccccc2Sc2ccc(Cl)cc21. The van der Waals surface area contributed by atoms with E-state index in [-0.39, 0.29) is 5.82 Å². The van der Waals surface area contributed by atoms with Gasteiger partial charge in [-0.05, 0) is 36.4 Å². The third-order valence-electron chi connectivity index (χ3n) is 3.87. The lowest BCUT2D eigenvalue weighted by molar-refractivity contribution is 0.609. The minimum atomic E-state index is -0.188. The number of halogens is 2. The molecule has 0 saturated carbocycles. The lowest BCUT2D eigenvalue weighted by atomic mass is 10.1. The van der Waals surface area contributed by atoms with Crippen LogP contribution in [0, 0.1) is 5.82 Å². The summed E-state index contributed by atoms with van der Waals surface area (Å²) in [5.74, 6) is -0.188. The van der Waals surface area contributed by atoms with Gasteiger partial charge in [0.25, 0.3) is 0 Å². The van der Waals surface area contributed by atoms with E-state index in [1.165, 1.54) is 11.0 Å². The van der Waals surface area contributed by atoms with Gasteiger partial charge in [0.2, 0.25) is 0 Å². The van der Waals surface area contributed by atoms with Crippen LogP contribution in [0.3, 0.4) is 0 Å². The number of benzene rings is 3. The molecule has 4 rings (SSSR count). The van der Waals surface area contributed by atoms with Crippen molar-refractivity contribution < 1.29 is 4.39 Å². The van der Waals surface area contributed by atoms with E-state index in [4.69, 9.17) is 11.6 Å². The summed E-state index contributed by atoms with van der Waals surface area (Å²) in [5, 5.41) is 0.683. The van der Waals surface area contributed by atoms with E-state index in [0.717, 1.165) is 16.3 Å². The summed E-state index contributed by atoms with van der Waals surface area (Å²) < 4.78 is 14.1. The molecule has 0 bridgehead atoms. The minimum absolute atomic E-state index is 0.188. The van der Waals surface area contributed by atoms with Crippen LogP contribution < -0.4 is 4.90 Å². The largest absolute Gasteiger partial charge is 0.335 e. The van der Waals surface area contributed by atoms with Crippen LogP contribution in [0.5, 0.6) is 0 Å². The van der Waals surface area contributed by atoms with Gasteiger partial charge in [0.1, 0.15) is 5.82 Å². The predicted molar refractivity (Wildman–Crippen MR) is 94.3 cm³/mol. The zero-order valence-corrected chi connectivity index (χ0v) is 13.7. The van der Waals surface area contributed by atoms with Crippen LogP contribution in [0.1, 0.15) is 5.56 Å². The molecule has 0 spiro atoms. The quantitative estimate of drug-likeness (QED) is 0.539. The topological polar surface area (TPSA) is 3.24 Å². The van der Waals surface area contributed by atoms with Crippen LogP contribution >= 0.6 is 23.4 Å². The van der Waals surface area contributed by atoms with Crippen LogP contribution in [-0.2, 0) is 6.54 Å². The van der Waals surface area contributed by atoms with E-state index >= 15 is 0 Å². The fourth-order valence-electron chi connectivity index (χ4n) is 2.77. The lowest BCUT2D eigenvalue weighted by Gasteiger charge is -2.33. The average Bonchev–Trinajstić information content (AvgIpc) is 2.57. The molecular weight excluding hydrogens is 329 g/mol. The molecule has 3 aromatic carbocycles. The molecule has 23 heavy (non-hydrogen) atoms. The predicted octanol–water partition coefficient (Wildman–Crippen LogP) is 6.28. The molecule has 1 aliphatic heterocycles. The Morgan fingerprint density at radius 3 is 2.48 bits per heavy atom. The van der Waals surface area contributed by atoms with Gasteiger partial charge >= 0.3 is 0 Å². The summed E-state index contributed by atoms with van der Waals surface area (Å²) in [5.41, 5.74) is 2.76. The van der Waals surface area contributed by atoms with Crippen LogP contribution in [0.2, 0.25) is 5.02 Å². The molecule has 0 aromatic heterocycles. The molecule has 0 N–H and O–H groups in total. The van der Waals surface area contributed by atoms with E-state index in [2.05, 4.69) is 17.0 Å². The first-order chi connectivity index (χ1) is 11.2. The van der Waals surface area contributed by atoms with Crippen molar-refractivity contribution in [1.82, 2.24) is 0 Å². The second-order valence-electron chi connectivity index (χ2n) is 5.36. The Hall–Kier alpha value is -1.97. The van der Waals surface area contributed by atoms with Gasteiger partial charge in [-0.3, -0.25) is 0 Å². The van der Waals surface area contributed by atoms with E-state index in [9.17, 15) is 4.39 Å². The Kier molecular flexibility index (Phi) is 3.76. The Balaban J connectivity index is 1.85. The average molecular weight is 342 g/mol. The van der Waals surface area contributed by atoms with E-state index in [1.54, 1.807) is 17.8 Å². The van der Waals surface area contributed by atoms with Crippen molar-refractivity contribution in [3.63, 3.8) is 0 Å². The van der Waals surface area contributed by atoms with Gasteiger partial charge in [-0.15, -0.1) is 0 Å². The maximum Gasteiger partial charge on any atom is 0.128 e. The molecular formula is C19H13ClFNS. The van der Waals surface area contributed by atoms with Crippen molar-refractivity contribution in [2.75, 3.05) is 4.90 Å². The van der Waals surface area contributed by atoms with Gasteiger partial charge in [0, 0.05) is 20.4 Å². The number of nitrogens with zero attached hydrogens (tertiary/aromatic N) is 1. The Morgan fingerprint density at radius 2 is 1.61 bits per heavy atom. The second-order valence-corrected chi connectivity index (χ2v) is 6.88. The van der Waals surface area contributed by atoms with Crippen molar-refractivity contribution in [3.8, 4) is 0 Å². The normalized spacial score (nSPS) is 12.7. The molecule has 0 unspecified atom stereocenters. The second kappa shape index (κ2) is 5.91. The Morgan fingerprint density at radius 1 is 0.870 bits per heavy atom. The number of fused-ring (bicyclic) bond motifs is 2. The fourth-order valence-corrected chi connectivity index (χ4v) is 4.01. The maximum atomic E-state index is 14.1. The molecule has 0 amide bonds. The highest BCUT2D eigenvalue weighted by molar-refractivity contribution is 7.99. The van der Waals surface area contributed by atoms with Gasteiger partial charge in [-0.25, -0.2) is 4.39 Å². The van der Waals surface area contributed by atoms with E-state index < -0.39 is 0 Å². The monoisotopic (exact) mass is 341 g/mol. The fraction of sp³-hybridized carbons (Fsp3) is 0.0526. The summed E-state index contributed by atoms with van der Waals surface area (Å²) in [6, 6.07) is 20.9. The zero-order valence-electron chi connectivity index (χ0n) is 12.2. The number of anilines is 2. The molecule has 1 aliphatic rings. The molecule has 4 heteroatoms. The maximum absolute atomic E-state index is 14.1. The molecule has 0 saturated heterocycles. The van der Waals surface area contributed by atoms with Crippen LogP contribution in [0.15, 0.2) is 76.5 Å². The molecule has 1 heterocycles. The first-order valence-corrected chi connectivity index (χ1v) is 8.49. The van der Waals surface area contributed by atoms with Crippen molar-refractivity contribution in [2.24, 2.45) is 0 Å². The van der Waals surface area contributed by atoms with Crippen LogP contribution in [0.4, 0.5) is 15.8 Å². The van der Waals surface area contributed by atoms with Crippen molar-refractivity contribution in [3.05, 3.63) is 83.1 Å². The summed E-state index contributed by atoms with van der Waals surface area (Å²) in [7, 11) is 0. The van der Waals surface area contributed by atoms with Gasteiger partial charge in [0.15, 0.2) is 0 Å². The first kappa shape index (κ1) is 14.6. The van der Waals surface area contributed by atoms with Crippen molar-refractivity contribution in [2.45, 2.75) is 16.3 Å². The van der Waals surface area contributed by atoms with Gasteiger partial charge in [-0.1, -0.05) is 53.7 Å². The van der Waals surface area contributed by atoms with E-state index in [1.807, 2.05) is 42.5 Å². The zero-order chi connectivity index (χ0) is 15.8. The lowest BCUT2D eigenvalue weighted by Crippen LogP contribution is -2.20. The van der Waals surface area contributed by atoms with Crippen LogP contribution in [-0.4, -0.2) is 0 Å². The molecule has 1 nitrogen and oxygen atoms in total. The smallest absolute Gasteiger partial charge is 0.128 e. The van der Waals surface area contributed by atoms with Crippen molar-refractivity contribution in [1.29, 1.82) is 0 Å². The third-order valence-corrected chi connectivity index (χ3v) is 5.24. The molecule has 0 aliphatic carbocycles. The Labute approximate surface area is 143 Å². The highest BCUT2D eigenvalue weighted by atomic mass is 35.5. The molecule has 0 radical (unpaired) electrons. The molecule has 114 valence electrons. The number of hydrogen-bond acceptors (Lipinski definition) is 2. The molecule has 0 atom stereocenters. The third kappa shape index (κ3) is 2.71. The van der Waals surface area contributed by atoms with Gasteiger partial charge in [-0.2, -0.15) is 0 Å². The highest BCUT2D eigenvalue weighted by Gasteiger charge is 2.24. The van der Waals surface area contributed by atoms with Crippen LogP contribution in [0.25, 0.3) is 0 Å². The van der Waals surface area contributed by atoms with Gasteiger partial charge < -0.3 is 4.90 Å². The highest BCUT2D eigenvalue weighted by Crippen LogP contribution is 2.49. The molecule has 0 fully saturated rings. The number of rotatable bonds is 2. The summed E-state index contributed by atoms with van der Waals surface area (Å²) in [6.07, 6.45) is 0. The minimum Gasteiger partial charge on any atom is -0.335 e. The summed E-state index contributed by atoms with van der Waals surface area (Å²) in [6.45, 7) is 0.470. The Bertz CT molecular complexity index is 881. The molecule has 3 aromatic rings. The summed E-state index contributed by atoms with van der Waals surface area (Å²) in [4.78, 5) is 4.42. The number of para-hydroxylation sites is 1. The van der Waals surface area contributed by atoms with E-state index in [0.29, 0.717) is 17.1 Å². The van der Waals surface area contributed by atoms with Crippen molar-refractivity contribution >= 4 is 34.7 Å². The first-order valence-electron chi connectivity index (χ1n) is 7.30. The number of hydrogen-bond donors (Lipinski definition) is 0.